The topological polar surface area (TPSA) is 84.3 Å². The highest BCUT2D eigenvalue weighted by Gasteiger charge is 2.43. The zero-order valence-electron chi connectivity index (χ0n) is 12.1. The predicted molar refractivity (Wildman–Crippen MR) is 74.9 cm³/mol. The molecule has 2 atom stereocenters. The minimum absolute atomic E-state index is 0.132. The maximum atomic E-state index is 11.6. The van der Waals surface area contributed by atoms with E-state index in [4.69, 9.17) is 4.74 Å². The second-order valence-corrected chi connectivity index (χ2v) is 5.52. The molecule has 0 amide bonds. The number of carboxylic acids is 1. The van der Waals surface area contributed by atoms with Crippen molar-refractivity contribution >= 4 is 11.8 Å². The number of carboxylic acid groups (broad SMARTS) is 1. The second kappa shape index (κ2) is 5.64. The fourth-order valence-electron chi connectivity index (χ4n) is 2.77. The molecule has 110 valence electrons. The summed E-state index contributed by atoms with van der Waals surface area (Å²) in [5.41, 5.74) is 0.0383. The third-order valence-electron chi connectivity index (χ3n) is 4.24. The quantitative estimate of drug-likeness (QED) is 0.879. The first kappa shape index (κ1) is 14.6. The lowest BCUT2D eigenvalue weighted by Crippen LogP contribution is -2.46. The maximum Gasteiger partial charge on any atom is 0.311 e. The van der Waals surface area contributed by atoms with Crippen LogP contribution in [0.1, 0.15) is 38.2 Å². The van der Waals surface area contributed by atoms with Gasteiger partial charge in [0.15, 0.2) is 0 Å². The number of hydrogen-bond donors (Lipinski definition) is 2. The number of nitrogens with zero attached hydrogens (tertiary/aromatic N) is 2. The van der Waals surface area contributed by atoms with Crippen LogP contribution in [-0.4, -0.2) is 34.2 Å². The molecule has 6 heteroatoms. The van der Waals surface area contributed by atoms with Crippen LogP contribution in [0.25, 0.3) is 0 Å². The minimum atomic E-state index is -0.761. The Balaban J connectivity index is 2.26. The van der Waals surface area contributed by atoms with Crippen molar-refractivity contribution in [1.29, 1.82) is 0 Å². The van der Waals surface area contributed by atoms with Gasteiger partial charge in [0.1, 0.15) is 12.1 Å². The Morgan fingerprint density at radius 2 is 2.25 bits per heavy atom. The third kappa shape index (κ3) is 2.55. The molecule has 0 spiro atoms. The summed E-state index contributed by atoms with van der Waals surface area (Å²) in [4.78, 5) is 19.8. The average Bonchev–Trinajstić information content (AvgIpc) is 2.43. The van der Waals surface area contributed by atoms with Crippen molar-refractivity contribution in [3.63, 3.8) is 0 Å². The van der Waals surface area contributed by atoms with E-state index in [1.165, 1.54) is 6.33 Å². The lowest BCUT2D eigenvalue weighted by Gasteiger charge is -2.38. The van der Waals surface area contributed by atoms with E-state index < -0.39 is 11.4 Å². The van der Waals surface area contributed by atoms with Gasteiger partial charge in [-0.25, -0.2) is 9.97 Å². The smallest absolute Gasteiger partial charge is 0.311 e. The molecule has 20 heavy (non-hydrogen) atoms. The second-order valence-electron chi connectivity index (χ2n) is 5.52. The molecule has 0 bridgehead atoms. The Kier molecular flexibility index (Phi) is 4.11. The van der Waals surface area contributed by atoms with E-state index in [2.05, 4.69) is 15.3 Å². The summed E-state index contributed by atoms with van der Waals surface area (Å²) in [5.74, 6) is 0.403. The van der Waals surface area contributed by atoms with Crippen molar-refractivity contribution in [1.82, 2.24) is 9.97 Å². The summed E-state index contributed by atoms with van der Waals surface area (Å²) in [6.07, 6.45) is 4.92. The van der Waals surface area contributed by atoms with Gasteiger partial charge in [-0.15, -0.1) is 0 Å². The van der Waals surface area contributed by atoms with Crippen molar-refractivity contribution in [2.24, 2.45) is 5.41 Å². The number of hydrogen-bond acceptors (Lipinski definition) is 5. The summed E-state index contributed by atoms with van der Waals surface area (Å²) < 4.78 is 5.17. The van der Waals surface area contributed by atoms with E-state index in [0.717, 1.165) is 24.8 Å². The molecule has 1 saturated carbocycles. The molecule has 0 aromatic carbocycles. The number of ether oxygens (including phenoxy) is 1. The van der Waals surface area contributed by atoms with Crippen LogP contribution in [0.5, 0.6) is 5.88 Å². The van der Waals surface area contributed by atoms with E-state index in [1.807, 2.05) is 6.92 Å². The van der Waals surface area contributed by atoms with E-state index in [0.29, 0.717) is 18.1 Å². The lowest BCUT2D eigenvalue weighted by atomic mass is 9.71. The molecule has 1 aromatic rings. The van der Waals surface area contributed by atoms with E-state index >= 15 is 0 Å². The van der Waals surface area contributed by atoms with Crippen LogP contribution in [0, 0.1) is 12.3 Å². The van der Waals surface area contributed by atoms with Crippen LogP contribution < -0.4 is 10.1 Å². The Hall–Kier alpha value is -1.85. The molecule has 1 aromatic heterocycles. The van der Waals surface area contributed by atoms with E-state index in [1.54, 1.807) is 14.0 Å². The summed E-state index contributed by atoms with van der Waals surface area (Å²) in [6, 6.07) is -0.132. The molecule has 0 radical (unpaired) electrons. The number of nitrogens with one attached hydrogen (secondary N) is 1. The van der Waals surface area contributed by atoms with Crippen LogP contribution in [0.15, 0.2) is 6.33 Å². The molecule has 6 nitrogen and oxygen atoms in total. The summed E-state index contributed by atoms with van der Waals surface area (Å²) >= 11 is 0. The maximum absolute atomic E-state index is 11.6. The van der Waals surface area contributed by atoms with Gasteiger partial charge in [-0.05, 0) is 26.7 Å². The molecule has 1 aliphatic rings. The molecule has 1 fully saturated rings. The van der Waals surface area contributed by atoms with Crippen molar-refractivity contribution in [2.45, 2.75) is 45.6 Å². The van der Waals surface area contributed by atoms with Gasteiger partial charge in [-0.1, -0.05) is 12.8 Å². The molecule has 2 N–H and O–H groups in total. The van der Waals surface area contributed by atoms with E-state index in [-0.39, 0.29) is 6.04 Å². The molecule has 0 saturated heterocycles. The van der Waals surface area contributed by atoms with Gasteiger partial charge in [0.2, 0.25) is 5.88 Å². The van der Waals surface area contributed by atoms with Gasteiger partial charge in [0.05, 0.1) is 18.1 Å². The van der Waals surface area contributed by atoms with Gasteiger partial charge < -0.3 is 15.2 Å². The van der Waals surface area contributed by atoms with Gasteiger partial charge in [-0.2, -0.15) is 0 Å². The average molecular weight is 279 g/mol. The van der Waals surface area contributed by atoms with Gasteiger partial charge in [-0.3, -0.25) is 4.79 Å². The molecule has 2 unspecified atom stereocenters. The van der Waals surface area contributed by atoms with Crippen molar-refractivity contribution in [2.75, 3.05) is 12.4 Å². The van der Waals surface area contributed by atoms with Crippen LogP contribution in [-0.2, 0) is 4.79 Å². The molecule has 1 aliphatic carbocycles. The first-order valence-corrected chi connectivity index (χ1v) is 6.84. The number of anilines is 1. The lowest BCUT2D eigenvalue weighted by molar-refractivity contribution is -0.150. The standard InChI is InChI=1S/C14H21N3O3/c1-9-11(15-8-16-12(9)20-3)17-10-6-4-5-7-14(10,2)13(18)19/h8,10H,4-7H2,1-3H3,(H,18,19)(H,15,16,17). The number of aliphatic carboxylic acids is 1. The van der Waals surface area contributed by atoms with Gasteiger partial charge in [0.25, 0.3) is 0 Å². The Morgan fingerprint density at radius 1 is 1.50 bits per heavy atom. The molecule has 0 aliphatic heterocycles. The molecular weight excluding hydrogens is 258 g/mol. The van der Waals surface area contributed by atoms with Crippen molar-refractivity contribution in [3.05, 3.63) is 11.9 Å². The zero-order valence-corrected chi connectivity index (χ0v) is 12.1. The first-order valence-electron chi connectivity index (χ1n) is 6.84. The summed E-state index contributed by atoms with van der Waals surface area (Å²) in [5, 5.41) is 12.8. The van der Waals surface area contributed by atoms with E-state index in [9.17, 15) is 9.90 Å². The van der Waals surface area contributed by atoms with Crippen LogP contribution in [0.2, 0.25) is 0 Å². The number of rotatable bonds is 4. The third-order valence-corrected chi connectivity index (χ3v) is 4.24. The first-order chi connectivity index (χ1) is 9.49. The zero-order chi connectivity index (χ0) is 14.8. The SMILES string of the molecule is COc1ncnc(NC2CCCCC2(C)C(=O)O)c1C. The molecule has 1 heterocycles. The summed E-state index contributed by atoms with van der Waals surface area (Å²) in [6.45, 7) is 3.67. The van der Waals surface area contributed by atoms with Crippen molar-refractivity contribution < 1.29 is 14.6 Å². The Bertz CT molecular complexity index is 506. The van der Waals surface area contributed by atoms with Crippen LogP contribution in [0.4, 0.5) is 5.82 Å². The fraction of sp³-hybridized carbons (Fsp3) is 0.643. The number of aromatic nitrogens is 2. The normalized spacial score (nSPS) is 26.1. The minimum Gasteiger partial charge on any atom is -0.481 e. The Morgan fingerprint density at radius 3 is 2.90 bits per heavy atom. The molecule has 2 rings (SSSR count). The highest BCUT2D eigenvalue weighted by atomic mass is 16.5. The Labute approximate surface area is 118 Å². The fourth-order valence-corrected chi connectivity index (χ4v) is 2.77. The van der Waals surface area contributed by atoms with Crippen LogP contribution in [0.3, 0.4) is 0 Å². The van der Waals surface area contributed by atoms with Crippen molar-refractivity contribution in [3.8, 4) is 5.88 Å². The highest BCUT2D eigenvalue weighted by Crippen LogP contribution is 2.38. The van der Waals surface area contributed by atoms with Gasteiger partial charge in [0, 0.05) is 6.04 Å². The van der Waals surface area contributed by atoms with Crippen LogP contribution >= 0.6 is 0 Å². The largest absolute Gasteiger partial charge is 0.481 e. The van der Waals surface area contributed by atoms with Gasteiger partial charge >= 0.3 is 5.97 Å². The molecular formula is C14H21N3O3. The monoisotopic (exact) mass is 279 g/mol. The predicted octanol–water partition coefficient (Wildman–Crippen LogP) is 2.24. The number of methoxy groups -OCH3 is 1. The highest BCUT2D eigenvalue weighted by molar-refractivity contribution is 5.76. The summed E-state index contributed by atoms with van der Waals surface area (Å²) in [7, 11) is 1.56. The number of carbonyl (C=O) groups is 1.